The van der Waals surface area contributed by atoms with Crippen molar-refractivity contribution < 1.29 is 27.5 Å². The highest BCUT2D eigenvalue weighted by Crippen LogP contribution is 2.35. The van der Waals surface area contributed by atoms with Crippen molar-refractivity contribution in [2.45, 2.75) is 39.8 Å². The van der Waals surface area contributed by atoms with Crippen molar-refractivity contribution in [3.05, 3.63) is 52.0 Å². The Bertz CT molecular complexity index is 1250. The van der Waals surface area contributed by atoms with Gasteiger partial charge in [0.1, 0.15) is 25.8 Å². The van der Waals surface area contributed by atoms with Gasteiger partial charge in [-0.15, -0.1) is 0 Å². The van der Waals surface area contributed by atoms with Crippen LogP contribution in [0.5, 0.6) is 11.5 Å². The van der Waals surface area contributed by atoms with Crippen LogP contribution in [-0.2, 0) is 26.2 Å². The summed E-state index contributed by atoms with van der Waals surface area (Å²) < 4.78 is 37.8. The highest BCUT2D eigenvalue weighted by atomic mass is 35.5. The second-order valence-corrected chi connectivity index (χ2v) is 12.1. The number of carbonyl (C=O) groups excluding carboxylic acids is 2. The van der Waals surface area contributed by atoms with E-state index in [0.717, 1.165) is 10.6 Å². The predicted octanol–water partition coefficient (Wildman–Crippen LogP) is 4.11. The number of benzene rings is 2. The third-order valence-corrected chi connectivity index (χ3v) is 7.80. The molecule has 208 valence electrons. The van der Waals surface area contributed by atoms with Crippen molar-refractivity contribution >= 4 is 50.7 Å². The summed E-state index contributed by atoms with van der Waals surface area (Å²) in [7, 11) is -3.90. The van der Waals surface area contributed by atoms with Crippen LogP contribution < -0.4 is 19.1 Å². The SMILES string of the molecule is CCC(C(=O)NCC(C)C)N(Cc1c(Cl)cccc1Cl)C(=O)CN(c1ccc2c(c1)OCCO2)S(C)(=O)=O. The van der Waals surface area contributed by atoms with Gasteiger partial charge in [-0.05, 0) is 36.6 Å². The van der Waals surface area contributed by atoms with Crippen molar-refractivity contribution in [3.8, 4) is 11.5 Å². The van der Waals surface area contributed by atoms with Crippen LogP contribution in [0, 0.1) is 5.92 Å². The van der Waals surface area contributed by atoms with E-state index in [1.165, 1.54) is 11.0 Å². The largest absolute Gasteiger partial charge is 0.486 e. The zero-order valence-corrected chi connectivity index (χ0v) is 24.2. The normalized spacial score (nSPS) is 13.7. The van der Waals surface area contributed by atoms with E-state index in [4.69, 9.17) is 32.7 Å². The lowest BCUT2D eigenvalue weighted by Gasteiger charge is -2.33. The Morgan fingerprint density at radius 2 is 1.68 bits per heavy atom. The minimum atomic E-state index is -3.90. The van der Waals surface area contributed by atoms with E-state index < -0.39 is 28.5 Å². The molecule has 1 unspecified atom stereocenters. The number of ether oxygens (including phenoxy) is 2. The van der Waals surface area contributed by atoms with Crippen LogP contribution in [0.4, 0.5) is 5.69 Å². The Labute approximate surface area is 234 Å². The Balaban J connectivity index is 1.98. The fourth-order valence-corrected chi connectivity index (χ4v) is 5.36. The van der Waals surface area contributed by atoms with Crippen LogP contribution in [0.2, 0.25) is 10.0 Å². The molecular formula is C26H33Cl2N3O6S. The molecule has 38 heavy (non-hydrogen) atoms. The first kappa shape index (κ1) is 29.9. The Kier molecular flexibility index (Phi) is 10.1. The summed E-state index contributed by atoms with van der Waals surface area (Å²) in [6.07, 6.45) is 1.31. The summed E-state index contributed by atoms with van der Waals surface area (Å²) >= 11 is 12.8. The third kappa shape index (κ3) is 7.45. The minimum Gasteiger partial charge on any atom is -0.486 e. The number of hydrogen-bond acceptors (Lipinski definition) is 6. The fourth-order valence-electron chi connectivity index (χ4n) is 4.00. The van der Waals surface area contributed by atoms with E-state index >= 15 is 0 Å². The molecular weight excluding hydrogens is 553 g/mol. The maximum Gasteiger partial charge on any atom is 0.244 e. The molecule has 2 amide bonds. The zero-order valence-electron chi connectivity index (χ0n) is 21.9. The molecule has 9 nitrogen and oxygen atoms in total. The van der Waals surface area contributed by atoms with E-state index in [0.29, 0.717) is 53.3 Å². The standard InChI is InChI=1S/C26H33Cl2N3O6S/c1-5-22(26(33)29-14-17(2)3)30(15-19-20(27)7-6-8-21(19)28)25(32)16-31(38(4,34)35)18-9-10-23-24(13-18)37-12-11-36-23/h6-10,13,17,22H,5,11-12,14-16H2,1-4H3,(H,29,33). The van der Waals surface area contributed by atoms with Gasteiger partial charge in [-0.25, -0.2) is 8.42 Å². The molecule has 2 aromatic carbocycles. The first-order valence-electron chi connectivity index (χ1n) is 12.3. The van der Waals surface area contributed by atoms with Crippen LogP contribution in [0.25, 0.3) is 0 Å². The molecule has 1 aliphatic heterocycles. The maximum atomic E-state index is 13.8. The van der Waals surface area contributed by atoms with Crippen LogP contribution in [0.1, 0.15) is 32.8 Å². The fraction of sp³-hybridized carbons (Fsp3) is 0.462. The number of carbonyl (C=O) groups is 2. The minimum absolute atomic E-state index is 0.0797. The van der Waals surface area contributed by atoms with Gasteiger partial charge in [0.05, 0.1) is 11.9 Å². The Morgan fingerprint density at radius 1 is 1.05 bits per heavy atom. The summed E-state index contributed by atoms with van der Waals surface area (Å²) in [5, 5.41) is 3.54. The molecule has 0 aromatic heterocycles. The molecule has 3 rings (SSSR count). The smallest absolute Gasteiger partial charge is 0.244 e. The van der Waals surface area contributed by atoms with Crippen molar-refractivity contribution in [1.82, 2.24) is 10.2 Å². The predicted molar refractivity (Wildman–Crippen MR) is 149 cm³/mol. The van der Waals surface area contributed by atoms with Crippen LogP contribution in [0.3, 0.4) is 0 Å². The number of anilines is 1. The number of fused-ring (bicyclic) bond motifs is 1. The lowest BCUT2D eigenvalue weighted by Crippen LogP contribution is -2.52. The van der Waals surface area contributed by atoms with E-state index in [-0.39, 0.29) is 24.1 Å². The summed E-state index contributed by atoms with van der Waals surface area (Å²) in [5.74, 6) is 0.141. The van der Waals surface area contributed by atoms with E-state index in [2.05, 4.69) is 5.32 Å². The van der Waals surface area contributed by atoms with Crippen molar-refractivity contribution in [3.63, 3.8) is 0 Å². The van der Waals surface area contributed by atoms with Gasteiger partial charge in [0.2, 0.25) is 21.8 Å². The summed E-state index contributed by atoms with van der Waals surface area (Å²) in [6, 6.07) is 8.75. The molecule has 1 N–H and O–H groups in total. The van der Waals surface area contributed by atoms with Crippen molar-refractivity contribution in [1.29, 1.82) is 0 Å². The van der Waals surface area contributed by atoms with Gasteiger partial charge in [0.25, 0.3) is 0 Å². The highest BCUT2D eigenvalue weighted by molar-refractivity contribution is 7.92. The van der Waals surface area contributed by atoms with Gasteiger partial charge >= 0.3 is 0 Å². The molecule has 0 aliphatic carbocycles. The average molecular weight is 587 g/mol. The van der Waals surface area contributed by atoms with Gasteiger partial charge in [-0.1, -0.05) is 50.0 Å². The molecule has 1 aliphatic rings. The molecule has 0 saturated heterocycles. The highest BCUT2D eigenvalue weighted by Gasteiger charge is 2.33. The molecule has 0 saturated carbocycles. The molecule has 2 aromatic rings. The third-order valence-electron chi connectivity index (χ3n) is 5.95. The second kappa shape index (κ2) is 12.9. The topological polar surface area (TPSA) is 105 Å². The van der Waals surface area contributed by atoms with Gasteiger partial charge < -0.3 is 19.7 Å². The lowest BCUT2D eigenvalue weighted by molar-refractivity contribution is -0.140. The quantitative estimate of drug-likeness (QED) is 0.425. The number of nitrogens with zero attached hydrogens (tertiary/aromatic N) is 2. The molecule has 0 fully saturated rings. The van der Waals surface area contributed by atoms with Crippen molar-refractivity contribution in [2.24, 2.45) is 5.92 Å². The Hall–Kier alpha value is -2.69. The van der Waals surface area contributed by atoms with Crippen molar-refractivity contribution in [2.75, 3.05) is 36.9 Å². The summed E-state index contributed by atoms with van der Waals surface area (Å²) in [4.78, 5) is 28.3. The molecule has 0 radical (unpaired) electrons. The molecule has 0 spiro atoms. The number of rotatable bonds is 11. The maximum absolute atomic E-state index is 13.8. The van der Waals surface area contributed by atoms with Gasteiger partial charge in [0, 0.05) is 34.8 Å². The van der Waals surface area contributed by atoms with Gasteiger partial charge in [0.15, 0.2) is 11.5 Å². The number of amides is 2. The van der Waals surface area contributed by atoms with Gasteiger partial charge in [-0.3, -0.25) is 13.9 Å². The second-order valence-electron chi connectivity index (χ2n) is 9.38. The molecule has 1 heterocycles. The Morgan fingerprint density at radius 3 is 2.26 bits per heavy atom. The van der Waals surface area contributed by atoms with Crippen LogP contribution in [0.15, 0.2) is 36.4 Å². The number of hydrogen-bond donors (Lipinski definition) is 1. The number of nitrogens with one attached hydrogen (secondary N) is 1. The van der Waals surface area contributed by atoms with Crippen LogP contribution in [-0.4, -0.2) is 63.7 Å². The van der Waals surface area contributed by atoms with Gasteiger partial charge in [-0.2, -0.15) is 0 Å². The van der Waals surface area contributed by atoms with Crippen LogP contribution >= 0.6 is 23.2 Å². The molecule has 1 atom stereocenters. The number of sulfonamides is 1. The first-order valence-corrected chi connectivity index (χ1v) is 14.9. The van der Waals surface area contributed by atoms with E-state index in [1.54, 1.807) is 37.3 Å². The first-order chi connectivity index (χ1) is 17.9. The summed E-state index contributed by atoms with van der Waals surface area (Å²) in [6.45, 7) is 6.22. The average Bonchev–Trinajstić information content (AvgIpc) is 2.86. The lowest BCUT2D eigenvalue weighted by atomic mass is 10.1. The number of halogens is 2. The zero-order chi connectivity index (χ0) is 28.0. The monoisotopic (exact) mass is 585 g/mol. The van der Waals surface area contributed by atoms with E-state index in [9.17, 15) is 18.0 Å². The molecule has 0 bridgehead atoms. The van der Waals surface area contributed by atoms with E-state index in [1.807, 2.05) is 13.8 Å². The summed E-state index contributed by atoms with van der Waals surface area (Å²) in [5.41, 5.74) is 0.697. The molecule has 12 heteroatoms.